The minimum atomic E-state index is -2.23. The molecule has 4 N–H and O–H groups in total. The maximum atomic E-state index is 12.4. The molecule has 2 aliphatic carbocycles. The van der Waals surface area contributed by atoms with Gasteiger partial charge in [-0.1, -0.05) is 68.9 Å². The van der Waals surface area contributed by atoms with Crippen LogP contribution in [0.25, 0.3) is 0 Å². The number of nitrogens with one attached hydrogen (secondary N) is 1. The highest BCUT2D eigenvalue weighted by atomic mass is 35.5. The van der Waals surface area contributed by atoms with Crippen LogP contribution in [0, 0.1) is 5.92 Å². The van der Waals surface area contributed by atoms with E-state index in [9.17, 15) is 24.9 Å². The Balaban J connectivity index is 2.01. The van der Waals surface area contributed by atoms with Crippen molar-refractivity contribution in [2.45, 2.75) is 88.0 Å². The molecular weight excluding hydrogens is 441 g/mol. The molecular formula is C23H33Cl2NO5. The van der Waals surface area contributed by atoms with Gasteiger partial charge >= 0.3 is 0 Å². The third-order valence-corrected chi connectivity index (χ3v) is 6.94. The van der Waals surface area contributed by atoms with E-state index in [1.165, 1.54) is 31.8 Å². The standard InChI is InChI=1S/C23H33Cl2NO5/c1-4-5-6-7-8-14(2)11-15(3)9-10-18(27)26-17-13-22(31)12-16(24)19(28)23(25,20(17)29)21(22)30/h9-12,14,17,20-21,29-31H,4-8,13H2,1-3H3,(H,26,27)/b10-9+,15-11+/t14?,17-,20-,21-,22-,23+/m0/s1. The zero-order valence-electron chi connectivity index (χ0n) is 18.3. The van der Waals surface area contributed by atoms with Crippen LogP contribution in [-0.2, 0) is 9.59 Å². The smallest absolute Gasteiger partial charge is 0.244 e. The Hall–Kier alpha value is -1.18. The highest BCUT2D eigenvalue weighted by Crippen LogP contribution is 2.47. The topological polar surface area (TPSA) is 107 Å². The molecule has 0 aromatic rings. The summed E-state index contributed by atoms with van der Waals surface area (Å²) in [6, 6.07) is -1.05. The predicted octanol–water partition coefficient (Wildman–Crippen LogP) is 3.12. The third-order valence-electron chi connectivity index (χ3n) is 6.06. The molecule has 6 nitrogen and oxygen atoms in total. The number of allylic oxidation sites excluding steroid dienone is 4. The summed E-state index contributed by atoms with van der Waals surface area (Å²) in [5.74, 6) is -0.992. The van der Waals surface area contributed by atoms with Gasteiger partial charge < -0.3 is 20.6 Å². The van der Waals surface area contributed by atoms with Gasteiger partial charge in [-0.05, 0) is 25.3 Å². The van der Waals surface area contributed by atoms with Gasteiger partial charge in [-0.3, -0.25) is 9.59 Å². The SMILES string of the molecule is CCCCCCC(C)/C=C(C)/C=C/C(=O)N[C@H]1C[C@@]2(O)C=C(Cl)C(=O)[C@](Cl)([C@H]2O)[C@H]1O. The predicted molar refractivity (Wildman–Crippen MR) is 122 cm³/mol. The van der Waals surface area contributed by atoms with E-state index in [1.54, 1.807) is 6.08 Å². The average molecular weight is 474 g/mol. The number of ketones is 1. The molecule has 174 valence electrons. The van der Waals surface area contributed by atoms with E-state index < -0.39 is 40.4 Å². The lowest BCUT2D eigenvalue weighted by Crippen LogP contribution is -2.74. The molecule has 1 amide bonds. The van der Waals surface area contributed by atoms with Crippen molar-refractivity contribution in [2.75, 3.05) is 0 Å². The first kappa shape index (κ1) is 26.1. The van der Waals surface area contributed by atoms with Crippen molar-refractivity contribution in [3.05, 3.63) is 34.9 Å². The summed E-state index contributed by atoms with van der Waals surface area (Å²) in [7, 11) is 0. The summed E-state index contributed by atoms with van der Waals surface area (Å²) in [4.78, 5) is 22.5. The lowest BCUT2D eigenvalue weighted by atomic mass is 9.65. The van der Waals surface area contributed by atoms with Crippen LogP contribution in [0.15, 0.2) is 34.9 Å². The van der Waals surface area contributed by atoms with Crippen LogP contribution in [0.3, 0.4) is 0 Å². The number of carbonyl (C=O) groups excluding carboxylic acids is 2. The van der Waals surface area contributed by atoms with Gasteiger partial charge in [-0.25, -0.2) is 0 Å². The van der Waals surface area contributed by atoms with Gasteiger partial charge in [0.1, 0.15) is 17.8 Å². The van der Waals surface area contributed by atoms with Crippen molar-refractivity contribution in [1.82, 2.24) is 5.32 Å². The fraction of sp³-hybridized carbons (Fsp3) is 0.652. The molecule has 6 atom stereocenters. The third kappa shape index (κ3) is 5.79. The average Bonchev–Trinajstić information content (AvgIpc) is 2.70. The Morgan fingerprint density at radius 3 is 2.65 bits per heavy atom. The van der Waals surface area contributed by atoms with Crippen LogP contribution in [0.2, 0.25) is 0 Å². The molecule has 0 heterocycles. The molecule has 0 radical (unpaired) electrons. The largest absolute Gasteiger partial charge is 0.389 e. The number of halogens is 2. The highest BCUT2D eigenvalue weighted by molar-refractivity contribution is 6.51. The summed E-state index contributed by atoms with van der Waals surface area (Å²) >= 11 is 12.1. The monoisotopic (exact) mass is 473 g/mol. The van der Waals surface area contributed by atoms with Gasteiger partial charge in [0.2, 0.25) is 5.91 Å². The number of hydrogen-bond donors (Lipinski definition) is 4. The number of aliphatic hydroxyl groups is 3. The van der Waals surface area contributed by atoms with Crippen LogP contribution in [-0.4, -0.2) is 55.7 Å². The van der Waals surface area contributed by atoms with E-state index in [0.717, 1.165) is 18.1 Å². The second-order valence-corrected chi connectivity index (χ2v) is 9.85. The van der Waals surface area contributed by atoms with Crippen molar-refractivity contribution in [3.8, 4) is 0 Å². The molecule has 1 unspecified atom stereocenters. The van der Waals surface area contributed by atoms with Crippen LogP contribution >= 0.6 is 23.2 Å². The number of alkyl halides is 1. The van der Waals surface area contributed by atoms with Gasteiger partial charge in [0, 0.05) is 12.5 Å². The summed E-state index contributed by atoms with van der Waals surface area (Å²) in [6.45, 7) is 6.23. The summed E-state index contributed by atoms with van der Waals surface area (Å²) < 4.78 is 0. The minimum absolute atomic E-state index is 0.240. The molecule has 2 rings (SSSR count). The number of hydrogen-bond acceptors (Lipinski definition) is 5. The number of unbranched alkanes of at least 4 members (excludes halogenated alkanes) is 3. The first-order chi connectivity index (χ1) is 14.5. The van der Waals surface area contributed by atoms with E-state index in [4.69, 9.17) is 23.2 Å². The van der Waals surface area contributed by atoms with Crippen molar-refractivity contribution in [2.24, 2.45) is 5.92 Å². The minimum Gasteiger partial charge on any atom is -0.389 e. The van der Waals surface area contributed by atoms with Crippen molar-refractivity contribution >= 4 is 34.9 Å². The van der Waals surface area contributed by atoms with Crippen LogP contribution in [0.5, 0.6) is 0 Å². The molecule has 31 heavy (non-hydrogen) atoms. The number of aliphatic hydroxyl groups excluding tert-OH is 2. The van der Waals surface area contributed by atoms with Crippen molar-refractivity contribution < 1.29 is 24.9 Å². The maximum absolute atomic E-state index is 12.4. The Morgan fingerprint density at radius 1 is 1.32 bits per heavy atom. The first-order valence-electron chi connectivity index (χ1n) is 10.8. The van der Waals surface area contributed by atoms with Gasteiger partial charge in [0.25, 0.3) is 0 Å². The molecule has 0 saturated heterocycles. The van der Waals surface area contributed by atoms with Crippen molar-refractivity contribution in [1.29, 1.82) is 0 Å². The summed E-state index contributed by atoms with van der Waals surface area (Å²) in [5.41, 5.74) is -0.997. The Morgan fingerprint density at radius 2 is 2.00 bits per heavy atom. The zero-order chi connectivity index (χ0) is 23.4. The zero-order valence-corrected chi connectivity index (χ0v) is 19.8. The molecule has 1 saturated carbocycles. The van der Waals surface area contributed by atoms with E-state index in [0.29, 0.717) is 5.92 Å². The van der Waals surface area contributed by atoms with Crippen LogP contribution in [0.4, 0.5) is 0 Å². The number of rotatable bonds is 9. The van der Waals surface area contributed by atoms with Crippen molar-refractivity contribution in [3.63, 3.8) is 0 Å². The summed E-state index contributed by atoms with van der Waals surface area (Å²) in [6.07, 6.45) is 8.46. The number of carbonyl (C=O) groups is 2. The van der Waals surface area contributed by atoms with E-state index in [1.807, 2.05) is 6.92 Å². The van der Waals surface area contributed by atoms with Gasteiger partial charge in [0.15, 0.2) is 10.7 Å². The molecule has 1 fully saturated rings. The molecule has 8 heteroatoms. The lowest BCUT2D eigenvalue weighted by molar-refractivity contribution is -0.158. The number of amides is 1. The Bertz CT molecular complexity index is 780. The van der Waals surface area contributed by atoms with Gasteiger partial charge in [-0.2, -0.15) is 0 Å². The fourth-order valence-corrected chi connectivity index (χ4v) is 5.14. The first-order valence-corrected chi connectivity index (χ1v) is 11.6. The molecule has 2 bridgehead atoms. The fourth-order valence-electron chi connectivity index (χ4n) is 4.31. The number of fused-ring (bicyclic) bond motifs is 2. The van der Waals surface area contributed by atoms with Crippen LogP contribution in [0.1, 0.15) is 59.3 Å². The van der Waals surface area contributed by atoms with Gasteiger partial charge in [0.05, 0.1) is 11.1 Å². The molecule has 2 aliphatic rings. The van der Waals surface area contributed by atoms with Gasteiger partial charge in [-0.15, -0.1) is 11.6 Å². The normalized spacial score (nSPS) is 34.6. The molecule has 0 spiro atoms. The highest BCUT2D eigenvalue weighted by Gasteiger charge is 2.66. The number of Topliss-reactive ketones (excluding diaryl/α,β-unsaturated/α-hetero) is 1. The van der Waals surface area contributed by atoms with E-state index in [-0.39, 0.29) is 11.5 Å². The second-order valence-electron chi connectivity index (χ2n) is 8.82. The lowest BCUT2D eigenvalue weighted by Gasteiger charge is -2.52. The molecule has 0 aromatic heterocycles. The Kier molecular flexibility index (Phi) is 8.94. The quantitative estimate of drug-likeness (QED) is 0.178. The summed E-state index contributed by atoms with van der Waals surface area (Å²) in [5, 5.41) is 33.9. The molecule has 0 aromatic carbocycles. The van der Waals surface area contributed by atoms with Crippen LogP contribution < -0.4 is 5.32 Å². The Labute approximate surface area is 194 Å². The van der Waals surface area contributed by atoms with E-state index >= 15 is 0 Å². The van der Waals surface area contributed by atoms with E-state index in [2.05, 4.69) is 25.2 Å². The second kappa shape index (κ2) is 10.6. The maximum Gasteiger partial charge on any atom is 0.244 e. The molecule has 0 aliphatic heterocycles.